The smallest absolute Gasteiger partial charge is 0.197 e. The van der Waals surface area contributed by atoms with Gasteiger partial charge in [0.05, 0.1) is 23.0 Å². The number of fused-ring (bicyclic) bond motifs is 1. The SMILES string of the molecule is Cl.O=S(=O)(CC1CCCNC1)c1cnc2ccccc2n1. The highest BCUT2D eigenvalue weighted by Gasteiger charge is 2.24. The van der Waals surface area contributed by atoms with Crippen LogP contribution in [-0.4, -0.2) is 37.2 Å². The molecule has 0 aliphatic carbocycles. The minimum atomic E-state index is -3.36. The summed E-state index contributed by atoms with van der Waals surface area (Å²) >= 11 is 0. The first-order valence-electron chi connectivity index (χ1n) is 6.80. The Kier molecular flexibility index (Phi) is 5.13. The van der Waals surface area contributed by atoms with Crippen LogP contribution in [-0.2, 0) is 9.84 Å². The first-order valence-corrected chi connectivity index (χ1v) is 8.46. The van der Waals surface area contributed by atoms with Crippen LogP contribution in [0, 0.1) is 5.92 Å². The van der Waals surface area contributed by atoms with Gasteiger partial charge in [0.2, 0.25) is 0 Å². The summed E-state index contributed by atoms with van der Waals surface area (Å²) in [6.45, 7) is 1.74. The molecule has 21 heavy (non-hydrogen) atoms. The molecule has 3 rings (SSSR count). The zero-order valence-corrected chi connectivity index (χ0v) is 13.2. The number of benzene rings is 1. The van der Waals surface area contributed by atoms with Crippen LogP contribution in [0.5, 0.6) is 0 Å². The molecule has 2 heterocycles. The fourth-order valence-corrected chi connectivity index (χ4v) is 4.08. The lowest BCUT2D eigenvalue weighted by Gasteiger charge is -2.22. The molecule has 0 bridgehead atoms. The van der Waals surface area contributed by atoms with Crippen molar-refractivity contribution in [2.24, 2.45) is 5.92 Å². The van der Waals surface area contributed by atoms with Crippen LogP contribution < -0.4 is 5.32 Å². The Morgan fingerprint density at radius 1 is 1.24 bits per heavy atom. The van der Waals surface area contributed by atoms with Crippen molar-refractivity contribution in [3.05, 3.63) is 30.5 Å². The average molecular weight is 328 g/mol. The van der Waals surface area contributed by atoms with E-state index in [1.54, 1.807) is 6.07 Å². The molecule has 1 aliphatic rings. The summed E-state index contributed by atoms with van der Waals surface area (Å²) < 4.78 is 24.8. The maximum absolute atomic E-state index is 12.4. The highest BCUT2D eigenvalue weighted by molar-refractivity contribution is 7.91. The van der Waals surface area contributed by atoms with Crippen molar-refractivity contribution in [3.63, 3.8) is 0 Å². The molecule has 1 aromatic heterocycles. The van der Waals surface area contributed by atoms with E-state index < -0.39 is 9.84 Å². The standard InChI is InChI=1S/C14H17N3O2S.ClH/c18-20(19,10-11-4-3-7-15-8-11)14-9-16-12-5-1-2-6-13(12)17-14;/h1-2,5-6,9,11,15H,3-4,7-8,10H2;1H. The Hall–Kier alpha value is -1.24. The summed E-state index contributed by atoms with van der Waals surface area (Å²) in [4.78, 5) is 8.42. The van der Waals surface area contributed by atoms with Gasteiger partial charge in [0.1, 0.15) is 0 Å². The number of halogens is 1. The molecule has 1 aliphatic heterocycles. The highest BCUT2D eigenvalue weighted by atomic mass is 35.5. The predicted octanol–water partition coefficient (Wildman–Crippen LogP) is 1.82. The number of hydrogen-bond acceptors (Lipinski definition) is 5. The van der Waals surface area contributed by atoms with Gasteiger partial charge < -0.3 is 5.32 Å². The van der Waals surface area contributed by atoms with E-state index >= 15 is 0 Å². The summed E-state index contributed by atoms with van der Waals surface area (Å²) in [6, 6.07) is 7.30. The van der Waals surface area contributed by atoms with Crippen molar-refractivity contribution in [3.8, 4) is 0 Å². The fraction of sp³-hybridized carbons (Fsp3) is 0.429. The summed E-state index contributed by atoms with van der Waals surface area (Å²) in [5.74, 6) is 0.314. The van der Waals surface area contributed by atoms with E-state index in [9.17, 15) is 8.42 Å². The number of piperidine rings is 1. The lowest BCUT2D eigenvalue weighted by Crippen LogP contribution is -2.34. The van der Waals surface area contributed by atoms with Crippen LogP contribution in [0.25, 0.3) is 11.0 Å². The van der Waals surface area contributed by atoms with Crippen LogP contribution in [0.1, 0.15) is 12.8 Å². The van der Waals surface area contributed by atoms with E-state index in [0.717, 1.165) is 25.9 Å². The van der Waals surface area contributed by atoms with E-state index in [-0.39, 0.29) is 29.1 Å². The minimum absolute atomic E-state index is 0. The Morgan fingerprint density at radius 3 is 2.71 bits per heavy atom. The Balaban J connectivity index is 0.00000161. The molecule has 2 aromatic rings. The topological polar surface area (TPSA) is 72.0 Å². The minimum Gasteiger partial charge on any atom is -0.316 e. The third-order valence-electron chi connectivity index (χ3n) is 3.60. The van der Waals surface area contributed by atoms with Gasteiger partial charge in [-0.2, -0.15) is 0 Å². The number of nitrogens with zero attached hydrogens (tertiary/aromatic N) is 2. The second kappa shape index (κ2) is 6.68. The molecule has 1 unspecified atom stereocenters. The van der Waals surface area contributed by atoms with Crippen LogP contribution in [0.4, 0.5) is 0 Å². The number of aromatic nitrogens is 2. The maximum atomic E-state index is 12.4. The molecule has 5 nitrogen and oxygen atoms in total. The van der Waals surface area contributed by atoms with E-state index in [4.69, 9.17) is 0 Å². The molecule has 0 amide bonds. The molecule has 1 N–H and O–H groups in total. The molecule has 1 atom stereocenters. The zero-order valence-electron chi connectivity index (χ0n) is 11.5. The van der Waals surface area contributed by atoms with E-state index in [1.807, 2.05) is 18.2 Å². The summed E-state index contributed by atoms with van der Waals surface area (Å²) in [5, 5.41) is 3.32. The number of para-hydroxylation sites is 2. The summed E-state index contributed by atoms with van der Waals surface area (Å²) in [6.07, 6.45) is 3.35. The first kappa shape index (κ1) is 16.1. The normalized spacial score (nSPS) is 19.1. The molecular weight excluding hydrogens is 310 g/mol. The fourth-order valence-electron chi connectivity index (χ4n) is 2.55. The second-order valence-corrected chi connectivity index (χ2v) is 7.17. The van der Waals surface area contributed by atoms with Crippen LogP contribution in [0.15, 0.2) is 35.5 Å². The van der Waals surface area contributed by atoms with Crippen molar-refractivity contribution in [1.29, 1.82) is 0 Å². The number of rotatable bonds is 3. The van der Waals surface area contributed by atoms with Gasteiger partial charge >= 0.3 is 0 Å². The second-order valence-electron chi connectivity index (χ2n) is 5.19. The van der Waals surface area contributed by atoms with Crippen molar-refractivity contribution < 1.29 is 8.42 Å². The van der Waals surface area contributed by atoms with Gasteiger partial charge in [-0.3, -0.25) is 4.98 Å². The predicted molar refractivity (Wildman–Crippen MR) is 84.4 cm³/mol. The third-order valence-corrected chi connectivity index (χ3v) is 5.34. The summed E-state index contributed by atoms with van der Waals surface area (Å²) in [5.41, 5.74) is 1.33. The van der Waals surface area contributed by atoms with Gasteiger partial charge in [0.25, 0.3) is 0 Å². The maximum Gasteiger partial charge on any atom is 0.197 e. The quantitative estimate of drug-likeness (QED) is 0.931. The van der Waals surface area contributed by atoms with E-state index in [1.165, 1.54) is 6.20 Å². The molecular formula is C14H18ClN3O2S. The molecule has 0 saturated carbocycles. The monoisotopic (exact) mass is 327 g/mol. The van der Waals surface area contributed by atoms with Crippen molar-refractivity contribution in [2.45, 2.75) is 17.9 Å². The first-order chi connectivity index (χ1) is 9.65. The van der Waals surface area contributed by atoms with Gasteiger partial charge in [-0.1, -0.05) is 12.1 Å². The molecule has 1 aromatic carbocycles. The summed E-state index contributed by atoms with van der Waals surface area (Å²) in [7, 11) is -3.36. The molecule has 7 heteroatoms. The van der Waals surface area contributed by atoms with Crippen molar-refractivity contribution >= 4 is 33.3 Å². The van der Waals surface area contributed by atoms with E-state index in [0.29, 0.717) is 11.0 Å². The van der Waals surface area contributed by atoms with Gasteiger partial charge in [0, 0.05) is 0 Å². The van der Waals surface area contributed by atoms with Gasteiger partial charge in [0.15, 0.2) is 14.9 Å². The van der Waals surface area contributed by atoms with Crippen LogP contribution >= 0.6 is 12.4 Å². The lowest BCUT2D eigenvalue weighted by atomic mass is 10.0. The molecule has 1 saturated heterocycles. The average Bonchev–Trinajstić information content (AvgIpc) is 2.47. The zero-order chi connectivity index (χ0) is 14.0. The van der Waals surface area contributed by atoms with Crippen LogP contribution in [0.3, 0.4) is 0 Å². The highest BCUT2D eigenvalue weighted by Crippen LogP contribution is 2.18. The molecule has 114 valence electrons. The third kappa shape index (κ3) is 3.70. The Bertz CT molecular complexity index is 715. The van der Waals surface area contributed by atoms with Gasteiger partial charge in [-0.25, -0.2) is 13.4 Å². The molecule has 0 radical (unpaired) electrons. The Labute approximate surface area is 130 Å². The molecule has 1 fully saturated rings. The number of nitrogens with one attached hydrogen (secondary N) is 1. The van der Waals surface area contributed by atoms with Crippen molar-refractivity contribution in [2.75, 3.05) is 18.8 Å². The Morgan fingerprint density at radius 2 is 2.00 bits per heavy atom. The van der Waals surface area contributed by atoms with Crippen LogP contribution in [0.2, 0.25) is 0 Å². The van der Waals surface area contributed by atoms with Gasteiger partial charge in [-0.15, -0.1) is 12.4 Å². The van der Waals surface area contributed by atoms with Gasteiger partial charge in [-0.05, 0) is 44.0 Å². The molecule has 0 spiro atoms. The van der Waals surface area contributed by atoms with E-state index in [2.05, 4.69) is 15.3 Å². The number of hydrogen-bond donors (Lipinski definition) is 1. The number of sulfone groups is 1. The largest absolute Gasteiger partial charge is 0.316 e. The lowest BCUT2D eigenvalue weighted by molar-refractivity contribution is 0.403. The van der Waals surface area contributed by atoms with Crippen molar-refractivity contribution in [1.82, 2.24) is 15.3 Å².